The Bertz CT molecular complexity index is 849. The van der Waals surface area contributed by atoms with Crippen LogP contribution in [-0.4, -0.2) is 41.1 Å². The van der Waals surface area contributed by atoms with Crippen LogP contribution < -0.4 is 5.32 Å². The van der Waals surface area contributed by atoms with Crippen molar-refractivity contribution in [1.29, 1.82) is 0 Å². The predicted molar refractivity (Wildman–Crippen MR) is 120 cm³/mol. The quantitative estimate of drug-likeness (QED) is 0.685. The molecule has 1 aromatic carbocycles. The number of fused-ring (bicyclic) bond motifs is 2. The van der Waals surface area contributed by atoms with Crippen LogP contribution in [0.2, 0.25) is 5.02 Å². The molecule has 1 saturated heterocycles. The van der Waals surface area contributed by atoms with E-state index in [1.165, 1.54) is 11.1 Å². The summed E-state index contributed by atoms with van der Waals surface area (Å²) >= 11 is 6.54. The van der Waals surface area contributed by atoms with Crippen molar-refractivity contribution in [3.8, 4) is 0 Å². The van der Waals surface area contributed by atoms with E-state index >= 15 is 0 Å². The van der Waals surface area contributed by atoms with Crippen molar-refractivity contribution in [3.05, 3.63) is 33.8 Å². The molecule has 2 amide bonds. The van der Waals surface area contributed by atoms with Crippen molar-refractivity contribution in [2.24, 2.45) is 0 Å². The van der Waals surface area contributed by atoms with E-state index in [4.69, 9.17) is 16.3 Å². The fourth-order valence-electron chi connectivity index (χ4n) is 5.16. The molecular weight excluding hydrogens is 400 g/mol. The number of halogens is 1. The summed E-state index contributed by atoms with van der Waals surface area (Å²) in [4.78, 5) is 26.2. The van der Waals surface area contributed by atoms with Gasteiger partial charge in [0.15, 0.2) is 0 Å². The highest BCUT2D eigenvalue weighted by Gasteiger charge is 2.50. The average molecular weight is 435 g/mol. The Morgan fingerprint density at radius 2 is 1.77 bits per heavy atom. The van der Waals surface area contributed by atoms with Crippen molar-refractivity contribution >= 4 is 23.6 Å². The first-order valence-corrected chi connectivity index (χ1v) is 11.2. The molecule has 1 N–H and O–H groups in total. The number of benzene rings is 1. The van der Waals surface area contributed by atoms with E-state index in [1.807, 2.05) is 32.6 Å². The smallest absolute Gasteiger partial charge is 0.410 e. The van der Waals surface area contributed by atoms with E-state index in [0.717, 1.165) is 29.8 Å². The van der Waals surface area contributed by atoms with E-state index < -0.39 is 5.60 Å². The van der Waals surface area contributed by atoms with Crippen molar-refractivity contribution in [2.75, 3.05) is 13.1 Å². The zero-order valence-electron chi connectivity index (χ0n) is 19.3. The third-order valence-corrected chi connectivity index (χ3v) is 7.02. The van der Waals surface area contributed by atoms with Crippen molar-refractivity contribution in [3.63, 3.8) is 0 Å². The highest BCUT2D eigenvalue weighted by atomic mass is 35.5. The van der Waals surface area contributed by atoms with Gasteiger partial charge in [-0.2, -0.15) is 0 Å². The van der Waals surface area contributed by atoms with Crippen molar-refractivity contribution in [2.45, 2.75) is 90.2 Å². The van der Waals surface area contributed by atoms with Gasteiger partial charge in [0.25, 0.3) is 0 Å². The Labute approximate surface area is 185 Å². The number of hydrogen-bond donors (Lipinski definition) is 1. The number of rotatable bonds is 2. The molecular formula is C24H35ClN2O3. The Kier molecular flexibility index (Phi) is 5.92. The van der Waals surface area contributed by atoms with Crippen LogP contribution in [0.15, 0.2) is 12.1 Å². The Morgan fingerprint density at radius 3 is 2.30 bits per heavy atom. The SMILES string of the molecule is CC(=O)NC(C)(C)C1CC2(CCN(C(=O)OC(C)(C)C)CC2)c2cc(Cl)c(C)cc21. The van der Waals surface area contributed by atoms with E-state index in [1.54, 1.807) is 6.92 Å². The molecule has 0 radical (unpaired) electrons. The van der Waals surface area contributed by atoms with Gasteiger partial charge in [0, 0.05) is 36.5 Å². The van der Waals surface area contributed by atoms with Gasteiger partial charge in [0.1, 0.15) is 5.60 Å². The summed E-state index contributed by atoms with van der Waals surface area (Å²) in [6.07, 6.45) is 2.43. The van der Waals surface area contributed by atoms with E-state index in [2.05, 4.69) is 31.3 Å². The van der Waals surface area contributed by atoms with Gasteiger partial charge >= 0.3 is 6.09 Å². The standard InChI is InChI=1S/C24H35ClN2O3/c1-15-12-17-18(13-20(15)25)24(14-19(17)23(6,7)26-16(2)28)8-10-27(11-9-24)21(29)30-22(3,4)5/h12-13,19H,8-11,14H2,1-7H3,(H,26,28). The van der Waals surface area contributed by atoms with Gasteiger partial charge in [0.05, 0.1) is 0 Å². The molecule has 1 unspecified atom stereocenters. The van der Waals surface area contributed by atoms with Gasteiger partial charge in [-0.1, -0.05) is 17.7 Å². The number of ether oxygens (including phenoxy) is 1. The normalized spacial score (nSPS) is 20.8. The largest absolute Gasteiger partial charge is 0.444 e. The molecule has 0 saturated carbocycles. The zero-order valence-corrected chi connectivity index (χ0v) is 20.1. The summed E-state index contributed by atoms with van der Waals surface area (Å²) in [5, 5.41) is 3.93. The first-order valence-electron chi connectivity index (χ1n) is 10.8. The van der Waals surface area contributed by atoms with E-state index in [0.29, 0.717) is 13.1 Å². The van der Waals surface area contributed by atoms with Crippen LogP contribution in [0.3, 0.4) is 0 Å². The minimum absolute atomic E-state index is 0.0204. The number of nitrogens with zero attached hydrogens (tertiary/aromatic N) is 1. The van der Waals surface area contributed by atoms with Crippen LogP contribution in [0.4, 0.5) is 4.79 Å². The molecule has 2 aliphatic rings. The lowest BCUT2D eigenvalue weighted by Crippen LogP contribution is -2.48. The van der Waals surface area contributed by atoms with Crippen LogP contribution in [0.5, 0.6) is 0 Å². The number of amides is 2. The third-order valence-electron chi connectivity index (χ3n) is 6.61. The first-order chi connectivity index (χ1) is 13.7. The maximum atomic E-state index is 12.5. The molecule has 0 bridgehead atoms. The lowest BCUT2D eigenvalue weighted by Gasteiger charge is -2.41. The first kappa shape index (κ1) is 22.9. The Hall–Kier alpha value is -1.75. The summed E-state index contributed by atoms with van der Waals surface area (Å²) in [5.41, 5.74) is 2.72. The number of carbonyl (C=O) groups is 2. The Balaban J connectivity index is 1.90. The number of nitrogens with one attached hydrogen (secondary N) is 1. The lowest BCUT2D eigenvalue weighted by atomic mass is 9.72. The minimum atomic E-state index is -0.495. The molecule has 1 fully saturated rings. The fourth-order valence-corrected chi connectivity index (χ4v) is 5.33. The van der Waals surface area contributed by atoms with E-state index in [-0.39, 0.29) is 28.9 Å². The number of likely N-dealkylation sites (tertiary alicyclic amines) is 1. The number of carbonyl (C=O) groups excluding carboxylic acids is 2. The van der Waals surface area contributed by atoms with Crippen LogP contribution in [-0.2, 0) is 14.9 Å². The molecule has 6 heteroatoms. The number of hydrogen-bond acceptors (Lipinski definition) is 3. The molecule has 1 heterocycles. The topological polar surface area (TPSA) is 58.6 Å². The second-order valence-corrected chi connectivity index (χ2v) is 11.0. The van der Waals surface area contributed by atoms with Crippen LogP contribution in [0, 0.1) is 6.92 Å². The summed E-state index contributed by atoms with van der Waals surface area (Å²) in [6.45, 7) is 14.8. The average Bonchev–Trinajstić information content (AvgIpc) is 2.88. The van der Waals surface area contributed by atoms with Gasteiger partial charge < -0.3 is 15.0 Å². The summed E-state index contributed by atoms with van der Waals surface area (Å²) in [6, 6.07) is 4.32. The van der Waals surface area contributed by atoms with Gasteiger partial charge in [-0.15, -0.1) is 0 Å². The number of piperidine rings is 1. The number of aryl methyl sites for hydroxylation is 1. The van der Waals surface area contributed by atoms with Crippen LogP contribution >= 0.6 is 11.6 Å². The summed E-state index contributed by atoms with van der Waals surface area (Å²) < 4.78 is 5.57. The second-order valence-electron chi connectivity index (χ2n) is 10.6. The minimum Gasteiger partial charge on any atom is -0.444 e. The molecule has 0 aromatic heterocycles. The summed E-state index contributed by atoms with van der Waals surface area (Å²) in [5.74, 6) is 0.174. The molecule has 166 valence electrons. The Morgan fingerprint density at radius 1 is 1.17 bits per heavy atom. The maximum absolute atomic E-state index is 12.5. The van der Waals surface area contributed by atoms with Gasteiger partial charge in [-0.05, 0) is 89.0 Å². The molecule has 1 aliphatic carbocycles. The van der Waals surface area contributed by atoms with Gasteiger partial charge in [0.2, 0.25) is 5.91 Å². The van der Waals surface area contributed by atoms with Crippen molar-refractivity contribution < 1.29 is 14.3 Å². The van der Waals surface area contributed by atoms with Gasteiger partial charge in [-0.25, -0.2) is 4.79 Å². The lowest BCUT2D eigenvalue weighted by molar-refractivity contribution is -0.120. The highest BCUT2D eigenvalue weighted by molar-refractivity contribution is 6.31. The molecule has 1 atom stereocenters. The van der Waals surface area contributed by atoms with Crippen LogP contribution in [0.1, 0.15) is 83.4 Å². The fraction of sp³-hybridized carbons (Fsp3) is 0.667. The highest BCUT2D eigenvalue weighted by Crippen LogP contribution is 2.55. The molecule has 5 nitrogen and oxygen atoms in total. The third kappa shape index (κ3) is 4.46. The molecule has 1 aromatic rings. The molecule has 1 spiro atoms. The van der Waals surface area contributed by atoms with Gasteiger partial charge in [-0.3, -0.25) is 4.79 Å². The maximum Gasteiger partial charge on any atom is 0.410 e. The molecule has 30 heavy (non-hydrogen) atoms. The van der Waals surface area contributed by atoms with Crippen molar-refractivity contribution in [1.82, 2.24) is 10.2 Å². The van der Waals surface area contributed by atoms with Crippen LogP contribution in [0.25, 0.3) is 0 Å². The zero-order chi connectivity index (χ0) is 22.5. The second kappa shape index (κ2) is 7.74. The summed E-state index contributed by atoms with van der Waals surface area (Å²) in [7, 11) is 0. The predicted octanol–water partition coefficient (Wildman–Crippen LogP) is 5.32. The van der Waals surface area contributed by atoms with E-state index in [9.17, 15) is 9.59 Å². The molecule has 3 rings (SSSR count). The monoisotopic (exact) mass is 434 g/mol. The molecule has 1 aliphatic heterocycles.